The molecule has 0 spiro atoms. The summed E-state index contributed by atoms with van der Waals surface area (Å²) in [5.41, 5.74) is 2.90. The summed E-state index contributed by atoms with van der Waals surface area (Å²) in [6.45, 7) is 0. The Balaban J connectivity index is 1.54. The molecule has 2 aromatic heterocycles. The highest BCUT2D eigenvalue weighted by Crippen LogP contribution is 2.26. The monoisotopic (exact) mass is 519 g/mol. The van der Waals surface area contributed by atoms with Crippen molar-refractivity contribution in [1.29, 1.82) is 0 Å². The van der Waals surface area contributed by atoms with Crippen LogP contribution in [0.5, 0.6) is 0 Å². The summed E-state index contributed by atoms with van der Waals surface area (Å²) in [7, 11) is -3.69. The topological polar surface area (TPSA) is 160 Å². The number of hydrogen-bond acceptors (Lipinski definition) is 8. The molecule has 188 valence electrons. The van der Waals surface area contributed by atoms with Crippen LogP contribution >= 0.6 is 0 Å². The number of aromatic carboxylic acids is 1. The van der Waals surface area contributed by atoms with Crippen molar-refractivity contribution in [2.45, 2.75) is 19.3 Å². The molecule has 1 aliphatic rings. The number of carbonyl (C=O) groups excluding carboxylic acids is 1. The van der Waals surface area contributed by atoms with Crippen molar-refractivity contribution in [3.63, 3.8) is 0 Å². The van der Waals surface area contributed by atoms with Crippen molar-refractivity contribution >= 4 is 44.6 Å². The van der Waals surface area contributed by atoms with Gasteiger partial charge in [0.15, 0.2) is 5.65 Å². The maximum atomic E-state index is 12.8. The molecule has 0 radical (unpaired) electrons. The van der Waals surface area contributed by atoms with E-state index in [4.69, 9.17) is 0 Å². The predicted molar refractivity (Wildman–Crippen MR) is 136 cm³/mol. The van der Waals surface area contributed by atoms with Gasteiger partial charge in [-0.25, -0.2) is 22.9 Å². The molecule has 0 unspecified atom stereocenters. The number of amides is 1. The smallest absolute Gasteiger partial charge is 0.341 e. The normalized spacial score (nSPS) is 12.8. The summed E-state index contributed by atoms with van der Waals surface area (Å²) < 4.78 is 26.0. The van der Waals surface area contributed by atoms with Gasteiger partial charge >= 0.3 is 5.97 Å². The van der Waals surface area contributed by atoms with Gasteiger partial charge in [-0.1, -0.05) is 6.07 Å². The lowest BCUT2D eigenvalue weighted by molar-refractivity contribution is 0.0694. The Labute approximate surface area is 210 Å². The van der Waals surface area contributed by atoms with Gasteiger partial charge in [0.25, 0.3) is 5.91 Å². The van der Waals surface area contributed by atoms with Crippen molar-refractivity contribution in [3.05, 3.63) is 87.3 Å². The molecule has 11 nitrogen and oxygen atoms in total. The Morgan fingerprint density at radius 1 is 1.05 bits per heavy atom. The van der Waals surface area contributed by atoms with Crippen LogP contribution in [-0.4, -0.2) is 46.2 Å². The molecule has 0 saturated carbocycles. The third-order valence-electron chi connectivity index (χ3n) is 6.02. The van der Waals surface area contributed by atoms with Crippen LogP contribution in [0, 0.1) is 0 Å². The molecule has 4 aromatic rings. The molecule has 0 aliphatic heterocycles. The van der Waals surface area contributed by atoms with Gasteiger partial charge in [0.2, 0.25) is 21.4 Å². The van der Waals surface area contributed by atoms with E-state index >= 15 is 0 Å². The van der Waals surface area contributed by atoms with Crippen molar-refractivity contribution in [2.24, 2.45) is 0 Å². The molecule has 0 fully saturated rings. The number of anilines is 2. The molecule has 37 heavy (non-hydrogen) atoms. The first-order chi connectivity index (χ1) is 17.6. The van der Waals surface area contributed by atoms with Gasteiger partial charge in [-0.15, -0.1) is 0 Å². The minimum Gasteiger partial charge on any atom is -0.477 e. The largest absolute Gasteiger partial charge is 0.477 e. The van der Waals surface area contributed by atoms with Gasteiger partial charge in [0.1, 0.15) is 5.56 Å². The Morgan fingerprint density at radius 3 is 2.49 bits per heavy atom. The number of sulfonamides is 1. The van der Waals surface area contributed by atoms with Gasteiger partial charge in [0.05, 0.1) is 11.6 Å². The zero-order valence-corrected chi connectivity index (χ0v) is 20.4. The molecule has 0 bridgehead atoms. The van der Waals surface area contributed by atoms with Crippen molar-refractivity contribution < 1.29 is 23.1 Å². The Hall–Kier alpha value is -4.58. The zero-order valence-electron chi connectivity index (χ0n) is 19.6. The van der Waals surface area contributed by atoms with Gasteiger partial charge in [0, 0.05) is 29.3 Å². The first-order valence-electron chi connectivity index (χ1n) is 11.3. The lowest BCUT2D eigenvalue weighted by Crippen LogP contribution is -2.29. The Kier molecular flexibility index (Phi) is 5.96. The number of nitrogens with one attached hydrogen (secondary N) is 2. The third-order valence-corrected chi connectivity index (χ3v) is 6.57. The highest BCUT2D eigenvalue weighted by Gasteiger charge is 2.19. The number of hydrogen-bond donors (Lipinski definition) is 3. The van der Waals surface area contributed by atoms with E-state index in [1.165, 1.54) is 35.7 Å². The lowest BCUT2D eigenvalue weighted by Gasteiger charge is -2.14. The summed E-state index contributed by atoms with van der Waals surface area (Å²) in [4.78, 5) is 45.3. The molecule has 5 rings (SSSR count). The molecule has 3 N–H and O–H groups in total. The molecular weight excluding hydrogens is 498 g/mol. The van der Waals surface area contributed by atoms with Crippen LogP contribution in [0.25, 0.3) is 16.7 Å². The standard InChI is InChI=1S/C25H21N5O6S/c1-37(35,36)29-23(32)15-5-8-17(9-6-15)27-25-26-12-19-21(31)20(24(33)34)13-30(22(19)28-25)18-10-7-14-3-2-4-16(14)11-18/h5-13H,2-4H2,1H3,(H,29,32)(H,33,34)(H,26,27,28). The second-order valence-corrected chi connectivity index (χ2v) is 10.4. The Morgan fingerprint density at radius 2 is 1.78 bits per heavy atom. The fourth-order valence-electron chi connectivity index (χ4n) is 4.29. The summed E-state index contributed by atoms with van der Waals surface area (Å²) in [6.07, 6.45) is 6.40. The average molecular weight is 520 g/mol. The first-order valence-corrected chi connectivity index (χ1v) is 13.2. The van der Waals surface area contributed by atoms with Crippen LogP contribution in [-0.2, 0) is 22.9 Å². The summed E-state index contributed by atoms with van der Waals surface area (Å²) in [6, 6.07) is 11.8. The van der Waals surface area contributed by atoms with Crippen LogP contribution in [0.3, 0.4) is 0 Å². The van der Waals surface area contributed by atoms with Crippen LogP contribution in [0.15, 0.2) is 59.7 Å². The number of aryl methyl sites for hydroxylation is 2. The molecular formula is C25H21N5O6S. The number of carboxylic acid groups (broad SMARTS) is 1. The van der Waals surface area contributed by atoms with E-state index in [1.807, 2.05) is 22.9 Å². The number of carboxylic acids is 1. The first kappa shape index (κ1) is 24.1. The quantitative estimate of drug-likeness (QED) is 0.347. The zero-order chi connectivity index (χ0) is 26.3. The predicted octanol–water partition coefficient (Wildman–Crippen LogP) is 2.40. The average Bonchev–Trinajstić information content (AvgIpc) is 3.31. The number of aromatic nitrogens is 3. The number of nitrogens with zero attached hydrogens (tertiary/aromatic N) is 3. The highest BCUT2D eigenvalue weighted by molar-refractivity contribution is 7.89. The van der Waals surface area contributed by atoms with E-state index in [-0.39, 0.29) is 28.1 Å². The highest BCUT2D eigenvalue weighted by atomic mass is 32.2. The van der Waals surface area contributed by atoms with Crippen molar-refractivity contribution in [2.75, 3.05) is 11.6 Å². The molecule has 2 aromatic carbocycles. The van der Waals surface area contributed by atoms with Crippen LogP contribution in [0.2, 0.25) is 0 Å². The van der Waals surface area contributed by atoms with E-state index in [0.29, 0.717) is 11.4 Å². The van der Waals surface area contributed by atoms with Crippen molar-refractivity contribution in [1.82, 2.24) is 19.3 Å². The Bertz CT molecular complexity index is 1750. The molecule has 0 atom stereocenters. The number of rotatable bonds is 6. The molecule has 2 heterocycles. The van der Waals surface area contributed by atoms with E-state index in [0.717, 1.165) is 25.5 Å². The molecule has 12 heteroatoms. The minimum atomic E-state index is -3.69. The third kappa shape index (κ3) is 4.91. The number of fused-ring (bicyclic) bond motifs is 2. The SMILES string of the molecule is CS(=O)(=O)NC(=O)c1ccc(Nc2ncc3c(=O)c(C(=O)O)cn(-c4ccc5c(c4)CCC5)c3n2)cc1. The van der Waals surface area contributed by atoms with Gasteiger partial charge in [-0.2, -0.15) is 4.98 Å². The van der Waals surface area contributed by atoms with Crippen molar-refractivity contribution in [3.8, 4) is 5.69 Å². The fourth-order valence-corrected chi connectivity index (χ4v) is 4.74. The molecule has 0 saturated heterocycles. The van der Waals surface area contributed by atoms with Crippen LogP contribution in [0.4, 0.5) is 11.6 Å². The van der Waals surface area contributed by atoms with E-state index in [2.05, 4.69) is 15.3 Å². The van der Waals surface area contributed by atoms with Gasteiger partial charge in [-0.3, -0.25) is 9.59 Å². The second-order valence-electron chi connectivity index (χ2n) is 8.69. The fraction of sp³-hybridized carbons (Fsp3) is 0.160. The van der Waals surface area contributed by atoms with E-state index in [9.17, 15) is 27.9 Å². The lowest BCUT2D eigenvalue weighted by atomic mass is 10.1. The number of pyridine rings is 1. The second kappa shape index (κ2) is 9.13. The minimum absolute atomic E-state index is 0.0544. The summed E-state index contributed by atoms with van der Waals surface area (Å²) in [5.74, 6) is -1.97. The summed E-state index contributed by atoms with van der Waals surface area (Å²) >= 11 is 0. The van der Waals surface area contributed by atoms with Crippen LogP contribution < -0.4 is 15.5 Å². The number of carbonyl (C=O) groups is 2. The van der Waals surface area contributed by atoms with E-state index in [1.54, 1.807) is 16.7 Å². The molecule has 1 aliphatic carbocycles. The maximum Gasteiger partial charge on any atom is 0.341 e. The van der Waals surface area contributed by atoms with Gasteiger partial charge in [-0.05, 0) is 66.8 Å². The van der Waals surface area contributed by atoms with E-state index < -0.39 is 27.3 Å². The summed E-state index contributed by atoms with van der Waals surface area (Å²) in [5, 5.41) is 12.6. The number of benzene rings is 2. The van der Waals surface area contributed by atoms with Crippen LogP contribution in [0.1, 0.15) is 38.3 Å². The molecule has 1 amide bonds. The van der Waals surface area contributed by atoms with Gasteiger partial charge < -0.3 is 15.0 Å². The maximum absolute atomic E-state index is 12.8.